The zero-order chi connectivity index (χ0) is 44.4. The summed E-state index contributed by atoms with van der Waals surface area (Å²) >= 11 is 6.28. The number of esters is 2. The van der Waals surface area contributed by atoms with E-state index in [-0.39, 0.29) is 57.8 Å². The molecule has 0 bridgehead atoms. The number of carboxylic acid groups (broad SMARTS) is 1. The summed E-state index contributed by atoms with van der Waals surface area (Å²) in [5.74, 6) is -0.457. The molecule has 60 heavy (non-hydrogen) atoms. The fourth-order valence-corrected chi connectivity index (χ4v) is 14.2. The van der Waals surface area contributed by atoms with Gasteiger partial charge in [0.1, 0.15) is 12.2 Å². The van der Waals surface area contributed by atoms with Gasteiger partial charge in [0.25, 0.3) is 0 Å². The Kier molecular flexibility index (Phi) is 13.0. The molecule has 1 aromatic rings. The van der Waals surface area contributed by atoms with E-state index in [0.29, 0.717) is 36.4 Å². The van der Waals surface area contributed by atoms with Crippen LogP contribution in [0.5, 0.6) is 0 Å². The second-order valence-electron chi connectivity index (χ2n) is 22.3. The van der Waals surface area contributed by atoms with Gasteiger partial charge in [0, 0.05) is 55.4 Å². The summed E-state index contributed by atoms with van der Waals surface area (Å²) in [6, 6.07) is 7.98. The highest BCUT2D eigenvalue weighted by atomic mass is 35.5. The highest BCUT2D eigenvalue weighted by Gasteiger charge is 2.71. The number of hydrogen-bond donors (Lipinski definition) is 1. The average molecular weight is 852 g/mol. The number of halogens is 1. The molecule has 0 saturated heterocycles. The van der Waals surface area contributed by atoms with Crippen LogP contribution in [0, 0.1) is 56.2 Å². The Morgan fingerprint density at radius 1 is 0.900 bits per heavy atom. The summed E-state index contributed by atoms with van der Waals surface area (Å²) in [5, 5.41) is 10.4. The number of allylic oxidation sites excluding steroid dienone is 1. The summed E-state index contributed by atoms with van der Waals surface area (Å²) in [4.78, 5) is 57.4. The van der Waals surface area contributed by atoms with Crippen LogP contribution in [0.15, 0.2) is 35.4 Å². The van der Waals surface area contributed by atoms with Crippen LogP contribution < -0.4 is 0 Å². The Balaban J connectivity index is 1.33. The number of benzene rings is 1. The maximum atomic E-state index is 14.6. The van der Waals surface area contributed by atoms with Crippen LogP contribution in [0.3, 0.4) is 0 Å². The minimum absolute atomic E-state index is 0.00240. The molecule has 4 saturated carbocycles. The van der Waals surface area contributed by atoms with Gasteiger partial charge in [-0.3, -0.25) is 24.1 Å². The first-order valence-corrected chi connectivity index (χ1v) is 23.2. The lowest BCUT2D eigenvalue weighted by molar-refractivity contribution is -0.235. The number of ether oxygens (including phenoxy) is 2. The van der Waals surface area contributed by atoms with Crippen molar-refractivity contribution >= 4 is 35.3 Å². The molecule has 0 aliphatic heterocycles. The summed E-state index contributed by atoms with van der Waals surface area (Å²) in [6.45, 7) is 24.0. The smallest absolute Gasteiger partial charge is 0.309 e. The minimum atomic E-state index is -1.18. The Labute approximate surface area is 365 Å². The van der Waals surface area contributed by atoms with E-state index in [0.717, 1.165) is 75.6 Å². The van der Waals surface area contributed by atoms with Crippen LogP contribution in [0.1, 0.15) is 139 Å². The topological polar surface area (TPSA) is 113 Å². The molecule has 0 radical (unpaired) electrons. The number of fused-ring (bicyclic) bond motifs is 7. The third-order valence-corrected chi connectivity index (χ3v) is 17.6. The van der Waals surface area contributed by atoms with Gasteiger partial charge in [0.2, 0.25) is 0 Å². The summed E-state index contributed by atoms with van der Waals surface area (Å²) in [6.07, 6.45) is 7.11. The molecular weight excluding hydrogens is 776 g/mol. The normalized spacial score (nSPS) is 34.2. The molecule has 334 valence electrons. The molecule has 5 aliphatic carbocycles. The predicted molar refractivity (Wildman–Crippen MR) is 236 cm³/mol. The van der Waals surface area contributed by atoms with E-state index in [1.54, 1.807) is 13.8 Å². The summed E-state index contributed by atoms with van der Waals surface area (Å²) in [5.41, 5.74) is 1.36. The van der Waals surface area contributed by atoms with Crippen LogP contribution in [0.2, 0.25) is 5.02 Å². The lowest BCUT2D eigenvalue weighted by Crippen LogP contribution is -2.66. The van der Waals surface area contributed by atoms with Gasteiger partial charge in [-0.05, 0) is 148 Å². The van der Waals surface area contributed by atoms with Crippen molar-refractivity contribution in [3.05, 3.63) is 46.0 Å². The molecular formula is C50H75ClN2O7. The maximum Gasteiger partial charge on any atom is 0.309 e. The van der Waals surface area contributed by atoms with Crippen LogP contribution in [-0.4, -0.2) is 84.5 Å². The van der Waals surface area contributed by atoms with Crippen molar-refractivity contribution in [2.45, 2.75) is 152 Å². The standard InChI is InChI=1S/C50H75ClN2O7/c1-31(2)42-36(55)27-50(40(59-32(3)54)30-53(26-25-52(11)12)29-33-13-15-34(51)16-14-33)24-23-48(9)35(43(42)50)17-18-38-47(8)21-20-39(60-41(56)28-45(4,5)44(57)58)46(6,7)37(47)19-22-49(38,48)10/h13-16,31,35,37-40H,17-30H2,1-12H3,(H,57,58)/t35-,37+,38-,39+,40+,47+,48-,49-,50+/m1/s1. The number of aliphatic carboxylic acids is 1. The molecule has 10 heteroatoms. The monoisotopic (exact) mass is 851 g/mol. The number of hydrogen-bond acceptors (Lipinski definition) is 8. The van der Waals surface area contributed by atoms with E-state index >= 15 is 0 Å². The van der Waals surface area contributed by atoms with Crippen LogP contribution in [-0.2, 0) is 35.2 Å². The Hall–Kier alpha value is -2.75. The number of ketones is 1. The zero-order valence-electron chi connectivity index (χ0n) is 38.8. The number of nitrogens with zero attached hydrogens (tertiary/aromatic N) is 2. The first-order chi connectivity index (χ1) is 27.8. The molecule has 0 amide bonds. The average Bonchev–Trinajstić information content (AvgIpc) is 3.45. The van der Waals surface area contributed by atoms with Gasteiger partial charge >= 0.3 is 17.9 Å². The number of rotatable bonds is 14. The molecule has 9 nitrogen and oxygen atoms in total. The number of Topliss-reactive ketones (excluding diaryl/α,β-unsaturated/α-hetero) is 1. The van der Waals surface area contributed by atoms with Crippen molar-refractivity contribution in [3.63, 3.8) is 0 Å². The zero-order valence-corrected chi connectivity index (χ0v) is 39.6. The van der Waals surface area contributed by atoms with Crippen molar-refractivity contribution in [3.8, 4) is 0 Å². The highest BCUT2D eigenvalue weighted by Crippen LogP contribution is 2.77. The van der Waals surface area contributed by atoms with Crippen LogP contribution in [0.25, 0.3) is 0 Å². The van der Waals surface area contributed by atoms with Gasteiger partial charge in [-0.2, -0.15) is 0 Å². The molecule has 5 aliphatic rings. The van der Waals surface area contributed by atoms with E-state index in [1.165, 1.54) is 12.5 Å². The first kappa shape index (κ1) is 46.7. The molecule has 1 N–H and O–H groups in total. The Morgan fingerprint density at radius 3 is 2.17 bits per heavy atom. The quantitative estimate of drug-likeness (QED) is 0.183. The molecule has 9 atom stereocenters. The molecule has 6 rings (SSSR count). The van der Waals surface area contributed by atoms with Crippen molar-refractivity contribution in [2.24, 2.45) is 56.2 Å². The van der Waals surface area contributed by atoms with Gasteiger partial charge in [-0.15, -0.1) is 0 Å². The molecule has 0 heterocycles. The molecule has 0 aromatic heterocycles. The van der Waals surface area contributed by atoms with Gasteiger partial charge in [-0.25, -0.2) is 0 Å². The number of likely N-dealkylation sites (N-methyl/N-ethyl adjacent to an activating group) is 1. The second kappa shape index (κ2) is 16.7. The Morgan fingerprint density at radius 2 is 1.57 bits per heavy atom. The minimum Gasteiger partial charge on any atom is -0.481 e. The number of carbonyl (C=O) groups is 4. The van der Waals surface area contributed by atoms with Crippen LogP contribution in [0.4, 0.5) is 0 Å². The predicted octanol–water partition coefficient (Wildman–Crippen LogP) is 10.0. The maximum absolute atomic E-state index is 14.6. The lowest BCUT2D eigenvalue weighted by Gasteiger charge is -2.72. The van der Waals surface area contributed by atoms with Gasteiger partial charge < -0.3 is 19.5 Å². The summed E-state index contributed by atoms with van der Waals surface area (Å²) < 4.78 is 12.7. The fraction of sp³-hybridized carbons (Fsp3) is 0.760. The lowest BCUT2D eigenvalue weighted by atomic mass is 9.33. The van der Waals surface area contributed by atoms with Gasteiger partial charge in [-0.1, -0.05) is 72.2 Å². The van der Waals surface area contributed by atoms with Gasteiger partial charge in [0.15, 0.2) is 5.78 Å². The van der Waals surface area contributed by atoms with E-state index in [1.807, 2.05) is 12.1 Å². The van der Waals surface area contributed by atoms with Gasteiger partial charge in [0.05, 0.1) is 11.8 Å². The van der Waals surface area contributed by atoms with E-state index in [2.05, 4.69) is 84.5 Å². The first-order valence-electron chi connectivity index (χ1n) is 22.8. The Bertz CT molecular complexity index is 1850. The third kappa shape index (κ3) is 8.15. The molecule has 0 spiro atoms. The number of carbonyl (C=O) groups excluding carboxylic acids is 3. The van der Waals surface area contributed by atoms with Crippen molar-refractivity contribution in [1.29, 1.82) is 0 Å². The van der Waals surface area contributed by atoms with Crippen molar-refractivity contribution in [2.75, 3.05) is 33.7 Å². The largest absolute Gasteiger partial charge is 0.481 e. The molecule has 4 fully saturated rings. The van der Waals surface area contributed by atoms with Crippen LogP contribution >= 0.6 is 11.6 Å². The molecule has 0 unspecified atom stereocenters. The number of carboxylic acids is 1. The SMILES string of the molecule is CC(=O)O[C@@H](CN(CCN(C)C)Cc1ccc(Cl)cc1)[C@@]12CC[C@]3(C)[C@H](CC[C@@H]4[C@@]5(C)CC[C@H](OC(=O)CC(C)(C)C(=O)O)C(C)(C)[C@@H]5CC[C@]43C)C1=C(C(C)C)C(=O)C2. The summed E-state index contributed by atoms with van der Waals surface area (Å²) in [7, 11) is 4.15. The molecule has 1 aromatic carbocycles. The van der Waals surface area contributed by atoms with Crippen molar-refractivity contribution in [1.82, 2.24) is 9.80 Å². The fourth-order valence-electron chi connectivity index (χ4n) is 14.1. The highest BCUT2D eigenvalue weighted by molar-refractivity contribution is 6.30. The third-order valence-electron chi connectivity index (χ3n) is 17.4. The second-order valence-corrected chi connectivity index (χ2v) is 22.8. The van der Waals surface area contributed by atoms with E-state index in [4.69, 9.17) is 21.1 Å². The van der Waals surface area contributed by atoms with E-state index < -0.39 is 28.9 Å². The van der Waals surface area contributed by atoms with E-state index in [9.17, 15) is 24.3 Å². The van der Waals surface area contributed by atoms with Crippen molar-refractivity contribution < 1.29 is 33.8 Å².